The van der Waals surface area contributed by atoms with E-state index < -0.39 is 0 Å². The zero-order valence-electron chi connectivity index (χ0n) is 17.8. The molecule has 1 heterocycles. The van der Waals surface area contributed by atoms with Crippen LogP contribution in [0.3, 0.4) is 0 Å². The number of hydrogen-bond donors (Lipinski definition) is 1. The highest BCUT2D eigenvalue weighted by atomic mass is 16.5. The predicted molar refractivity (Wildman–Crippen MR) is 127 cm³/mol. The van der Waals surface area contributed by atoms with E-state index in [9.17, 15) is 4.79 Å². The number of fused-ring (bicyclic) bond motifs is 1. The molecule has 0 radical (unpaired) electrons. The Morgan fingerprint density at radius 2 is 1.61 bits per heavy atom. The number of para-hydroxylation sites is 3. The molecule has 5 rings (SSSR count). The molecule has 4 aromatic carbocycles. The van der Waals surface area contributed by atoms with Gasteiger partial charge in [0.15, 0.2) is 5.75 Å². The van der Waals surface area contributed by atoms with Crippen LogP contribution < -0.4 is 10.1 Å². The first-order chi connectivity index (χ1) is 16.3. The molecule has 162 valence electrons. The fourth-order valence-corrected chi connectivity index (χ4v) is 3.59. The van der Waals surface area contributed by atoms with Crippen molar-refractivity contribution in [2.75, 3.05) is 5.32 Å². The van der Waals surface area contributed by atoms with Crippen molar-refractivity contribution in [3.8, 4) is 22.9 Å². The second-order valence-electron chi connectivity index (χ2n) is 7.50. The topological polar surface area (TPSA) is 77.2 Å². The quantitative estimate of drug-likeness (QED) is 0.327. The number of aryl methyl sites for hydroxylation is 1. The molecular weight excluding hydrogens is 414 g/mol. The van der Waals surface area contributed by atoms with Crippen molar-refractivity contribution in [2.24, 2.45) is 0 Å². The molecule has 33 heavy (non-hydrogen) atoms. The Morgan fingerprint density at radius 1 is 0.848 bits per heavy atom. The van der Waals surface area contributed by atoms with E-state index in [1.165, 1.54) is 0 Å². The zero-order chi connectivity index (χ0) is 22.5. The average Bonchev–Trinajstić information content (AvgIpc) is 3.33. The molecule has 0 saturated heterocycles. The standard InChI is InChI=1S/C27H21N3O3/c31-25(28-23-15-6-7-16-24(23)32-20-11-2-1-3-12-20)17-18-26-29-27(30-33-26)22-14-8-10-19-9-4-5-13-21(19)22/h1-16H,17-18H2,(H,28,31). The van der Waals surface area contributed by atoms with E-state index in [0.717, 1.165) is 16.3 Å². The summed E-state index contributed by atoms with van der Waals surface area (Å²) < 4.78 is 11.3. The summed E-state index contributed by atoms with van der Waals surface area (Å²) in [6.45, 7) is 0. The molecule has 0 aliphatic heterocycles. The molecule has 0 bridgehead atoms. The van der Waals surface area contributed by atoms with Gasteiger partial charge in [-0.2, -0.15) is 4.98 Å². The molecule has 0 unspecified atom stereocenters. The van der Waals surface area contributed by atoms with Crippen LogP contribution in [-0.4, -0.2) is 16.0 Å². The lowest BCUT2D eigenvalue weighted by atomic mass is 10.0. The lowest BCUT2D eigenvalue weighted by Crippen LogP contribution is -2.13. The minimum Gasteiger partial charge on any atom is -0.455 e. The van der Waals surface area contributed by atoms with Gasteiger partial charge in [-0.25, -0.2) is 0 Å². The van der Waals surface area contributed by atoms with Crippen molar-refractivity contribution in [2.45, 2.75) is 12.8 Å². The summed E-state index contributed by atoms with van der Waals surface area (Å²) >= 11 is 0. The van der Waals surface area contributed by atoms with Crippen molar-refractivity contribution in [1.29, 1.82) is 0 Å². The Bertz CT molecular complexity index is 1390. The number of carbonyl (C=O) groups is 1. The largest absolute Gasteiger partial charge is 0.455 e. The molecule has 0 fully saturated rings. The molecule has 0 saturated carbocycles. The number of ether oxygens (including phenoxy) is 1. The van der Waals surface area contributed by atoms with Crippen LogP contribution in [0.5, 0.6) is 11.5 Å². The normalized spacial score (nSPS) is 10.8. The summed E-state index contributed by atoms with van der Waals surface area (Å²) in [6.07, 6.45) is 0.544. The van der Waals surface area contributed by atoms with E-state index in [1.807, 2.05) is 97.1 Å². The van der Waals surface area contributed by atoms with Crippen LogP contribution in [0.2, 0.25) is 0 Å². The van der Waals surface area contributed by atoms with Gasteiger partial charge in [-0.05, 0) is 35.0 Å². The number of hydrogen-bond acceptors (Lipinski definition) is 5. The summed E-state index contributed by atoms with van der Waals surface area (Å²) in [5.41, 5.74) is 1.51. The summed E-state index contributed by atoms with van der Waals surface area (Å²) in [7, 11) is 0. The molecule has 6 nitrogen and oxygen atoms in total. The minimum atomic E-state index is -0.163. The van der Waals surface area contributed by atoms with E-state index in [2.05, 4.69) is 15.5 Å². The Labute approximate surface area is 190 Å². The fourth-order valence-electron chi connectivity index (χ4n) is 3.59. The van der Waals surface area contributed by atoms with Crippen molar-refractivity contribution >= 4 is 22.4 Å². The molecule has 1 N–H and O–H groups in total. The number of amides is 1. The van der Waals surface area contributed by atoms with Crippen molar-refractivity contribution in [3.63, 3.8) is 0 Å². The monoisotopic (exact) mass is 435 g/mol. The van der Waals surface area contributed by atoms with E-state index in [1.54, 1.807) is 0 Å². The number of rotatable bonds is 7. The van der Waals surface area contributed by atoms with Gasteiger partial charge < -0.3 is 14.6 Å². The van der Waals surface area contributed by atoms with Crippen molar-refractivity contribution < 1.29 is 14.1 Å². The Balaban J connectivity index is 1.24. The Hall–Kier alpha value is -4.45. The number of carbonyl (C=O) groups excluding carboxylic acids is 1. The van der Waals surface area contributed by atoms with Gasteiger partial charge in [0.2, 0.25) is 17.6 Å². The van der Waals surface area contributed by atoms with Crippen LogP contribution in [0.1, 0.15) is 12.3 Å². The number of nitrogens with one attached hydrogen (secondary N) is 1. The molecular formula is C27H21N3O3. The molecule has 0 aliphatic rings. The Kier molecular flexibility index (Phi) is 5.80. The molecule has 1 aromatic heterocycles. The maximum absolute atomic E-state index is 12.6. The maximum atomic E-state index is 12.6. The fraction of sp³-hybridized carbons (Fsp3) is 0.0741. The summed E-state index contributed by atoms with van der Waals surface area (Å²) in [5.74, 6) is 2.05. The first-order valence-electron chi connectivity index (χ1n) is 10.7. The van der Waals surface area contributed by atoms with E-state index in [-0.39, 0.29) is 12.3 Å². The lowest BCUT2D eigenvalue weighted by Gasteiger charge is -2.11. The lowest BCUT2D eigenvalue weighted by molar-refractivity contribution is -0.116. The van der Waals surface area contributed by atoms with Gasteiger partial charge >= 0.3 is 0 Å². The minimum absolute atomic E-state index is 0.163. The van der Waals surface area contributed by atoms with Gasteiger partial charge in [-0.15, -0.1) is 0 Å². The van der Waals surface area contributed by atoms with Gasteiger partial charge in [0.25, 0.3) is 0 Å². The number of anilines is 1. The third kappa shape index (κ3) is 4.75. The maximum Gasteiger partial charge on any atom is 0.227 e. The van der Waals surface area contributed by atoms with Crippen LogP contribution in [0.25, 0.3) is 22.2 Å². The first kappa shape index (κ1) is 20.5. The van der Waals surface area contributed by atoms with Gasteiger partial charge in [0.1, 0.15) is 5.75 Å². The third-order valence-corrected chi connectivity index (χ3v) is 5.20. The highest BCUT2D eigenvalue weighted by Gasteiger charge is 2.14. The van der Waals surface area contributed by atoms with Crippen molar-refractivity contribution in [1.82, 2.24) is 10.1 Å². The molecule has 0 spiro atoms. The van der Waals surface area contributed by atoms with Crippen molar-refractivity contribution in [3.05, 3.63) is 103 Å². The SMILES string of the molecule is O=C(CCc1nc(-c2cccc3ccccc23)no1)Nc1ccccc1Oc1ccccc1. The second-order valence-corrected chi connectivity index (χ2v) is 7.50. The van der Waals surface area contributed by atoms with E-state index >= 15 is 0 Å². The van der Waals surface area contributed by atoms with Crippen LogP contribution >= 0.6 is 0 Å². The highest BCUT2D eigenvalue weighted by Crippen LogP contribution is 2.29. The highest BCUT2D eigenvalue weighted by molar-refractivity contribution is 5.95. The molecule has 6 heteroatoms. The van der Waals surface area contributed by atoms with Crippen LogP contribution in [0.15, 0.2) is 102 Å². The predicted octanol–water partition coefficient (Wildman–Crippen LogP) is 6.25. The summed E-state index contributed by atoms with van der Waals surface area (Å²) in [4.78, 5) is 17.1. The first-order valence-corrected chi connectivity index (χ1v) is 10.7. The third-order valence-electron chi connectivity index (χ3n) is 5.20. The van der Waals surface area contributed by atoms with E-state index in [4.69, 9.17) is 9.26 Å². The van der Waals surface area contributed by atoms with Crippen LogP contribution in [-0.2, 0) is 11.2 Å². The van der Waals surface area contributed by atoms with Gasteiger partial charge in [-0.3, -0.25) is 4.79 Å². The molecule has 0 aliphatic carbocycles. The Morgan fingerprint density at radius 3 is 2.52 bits per heavy atom. The summed E-state index contributed by atoms with van der Waals surface area (Å²) in [5, 5.41) is 9.20. The van der Waals surface area contributed by atoms with Gasteiger partial charge in [-0.1, -0.05) is 78.0 Å². The average molecular weight is 435 g/mol. The smallest absolute Gasteiger partial charge is 0.227 e. The number of aromatic nitrogens is 2. The van der Waals surface area contributed by atoms with Gasteiger partial charge in [0.05, 0.1) is 5.69 Å². The molecule has 5 aromatic rings. The van der Waals surface area contributed by atoms with Crippen LogP contribution in [0.4, 0.5) is 5.69 Å². The van der Waals surface area contributed by atoms with E-state index in [0.29, 0.717) is 35.3 Å². The number of benzene rings is 4. The molecule has 0 atom stereocenters. The summed E-state index contributed by atoms with van der Waals surface area (Å²) in [6, 6.07) is 30.8. The number of nitrogens with zero attached hydrogens (tertiary/aromatic N) is 2. The molecule has 1 amide bonds. The van der Waals surface area contributed by atoms with Crippen LogP contribution in [0, 0.1) is 0 Å². The van der Waals surface area contributed by atoms with Gasteiger partial charge in [0, 0.05) is 18.4 Å². The zero-order valence-corrected chi connectivity index (χ0v) is 17.8. The second kappa shape index (κ2) is 9.36.